The van der Waals surface area contributed by atoms with Gasteiger partial charge in [-0.3, -0.25) is 0 Å². The van der Waals surface area contributed by atoms with E-state index in [4.69, 9.17) is 0 Å². The lowest BCUT2D eigenvalue weighted by Crippen LogP contribution is -2.30. The van der Waals surface area contributed by atoms with Gasteiger partial charge in [0.1, 0.15) is 0 Å². The molecule has 1 fully saturated rings. The van der Waals surface area contributed by atoms with Crippen LogP contribution in [0.5, 0.6) is 0 Å². The second-order valence-corrected chi connectivity index (χ2v) is 3.23. The molecule has 0 aromatic rings. The highest BCUT2D eigenvalue weighted by atomic mass is 16.1. The predicted molar refractivity (Wildman–Crippen MR) is 47.9 cm³/mol. The Labute approximate surface area is 73.5 Å². The Hall–Kier alpha value is -0.660. The molecule has 0 aromatic carbocycles. The van der Waals surface area contributed by atoms with Crippen LogP contribution in [0.25, 0.3) is 0 Å². The average molecular weight is 168 g/mol. The van der Waals surface area contributed by atoms with Gasteiger partial charge in [-0.1, -0.05) is 6.42 Å². The third-order valence-electron chi connectivity index (χ3n) is 2.26. The minimum absolute atomic E-state index is 0.639. The van der Waals surface area contributed by atoms with Crippen LogP contribution in [-0.4, -0.2) is 37.2 Å². The van der Waals surface area contributed by atoms with Gasteiger partial charge in [0.2, 0.25) is 6.08 Å². The lowest BCUT2D eigenvalue weighted by atomic mass is 10.1. The van der Waals surface area contributed by atoms with Crippen molar-refractivity contribution < 1.29 is 4.79 Å². The summed E-state index contributed by atoms with van der Waals surface area (Å²) in [6.07, 6.45) is 6.60. The van der Waals surface area contributed by atoms with Gasteiger partial charge >= 0.3 is 0 Å². The van der Waals surface area contributed by atoms with Crippen molar-refractivity contribution in [3.63, 3.8) is 0 Å². The SMILES string of the molecule is O=C=NCCCN1CCCCC1. The number of piperidine rings is 1. The molecule has 0 amide bonds. The van der Waals surface area contributed by atoms with Gasteiger partial charge in [0, 0.05) is 0 Å². The molecule has 12 heavy (non-hydrogen) atoms. The van der Waals surface area contributed by atoms with Crippen LogP contribution in [0.15, 0.2) is 4.99 Å². The number of nitrogens with zero attached hydrogens (tertiary/aromatic N) is 2. The number of hydrogen-bond donors (Lipinski definition) is 0. The van der Waals surface area contributed by atoms with Crippen LogP contribution in [0.2, 0.25) is 0 Å². The van der Waals surface area contributed by atoms with Crippen molar-refractivity contribution in [1.29, 1.82) is 0 Å². The molecule has 0 aliphatic carbocycles. The van der Waals surface area contributed by atoms with Crippen LogP contribution in [-0.2, 0) is 4.79 Å². The maximum Gasteiger partial charge on any atom is 0.234 e. The van der Waals surface area contributed by atoms with E-state index in [0.717, 1.165) is 13.0 Å². The summed E-state index contributed by atoms with van der Waals surface area (Å²) in [5.74, 6) is 0. The fourth-order valence-corrected chi connectivity index (χ4v) is 1.60. The summed E-state index contributed by atoms with van der Waals surface area (Å²) in [6, 6.07) is 0. The number of hydrogen-bond acceptors (Lipinski definition) is 3. The van der Waals surface area contributed by atoms with Gasteiger partial charge in [0.05, 0.1) is 6.54 Å². The largest absolute Gasteiger partial charge is 0.303 e. The van der Waals surface area contributed by atoms with Crippen LogP contribution in [0.3, 0.4) is 0 Å². The van der Waals surface area contributed by atoms with Gasteiger partial charge in [-0.25, -0.2) is 9.79 Å². The Morgan fingerprint density at radius 2 is 2.00 bits per heavy atom. The van der Waals surface area contributed by atoms with Gasteiger partial charge in [-0.05, 0) is 38.9 Å². The molecule has 1 saturated heterocycles. The monoisotopic (exact) mass is 168 g/mol. The first-order chi connectivity index (χ1) is 5.93. The number of carbonyl (C=O) groups excluding carboxylic acids is 1. The van der Waals surface area contributed by atoms with Crippen molar-refractivity contribution in [3.8, 4) is 0 Å². The van der Waals surface area contributed by atoms with Gasteiger partial charge in [0.15, 0.2) is 0 Å². The summed E-state index contributed by atoms with van der Waals surface area (Å²) in [5, 5.41) is 0. The van der Waals surface area contributed by atoms with E-state index in [1.807, 2.05) is 0 Å². The number of likely N-dealkylation sites (tertiary alicyclic amines) is 1. The zero-order chi connectivity index (χ0) is 8.65. The maximum atomic E-state index is 9.75. The molecule has 0 aromatic heterocycles. The fourth-order valence-electron chi connectivity index (χ4n) is 1.60. The summed E-state index contributed by atoms with van der Waals surface area (Å²) in [7, 11) is 0. The molecule has 0 unspecified atom stereocenters. The topological polar surface area (TPSA) is 32.7 Å². The Kier molecular flexibility index (Phi) is 4.65. The minimum atomic E-state index is 0.639. The molecule has 0 radical (unpaired) electrons. The molecule has 0 N–H and O–H groups in total. The average Bonchev–Trinajstić information content (AvgIpc) is 2.14. The van der Waals surface area contributed by atoms with E-state index in [1.54, 1.807) is 6.08 Å². The Bertz CT molecular complexity index is 158. The Morgan fingerprint density at radius 3 is 2.67 bits per heavy atom. The highest BCUT2D eigenvalue weighted by molar-refractivity contribution is 5.32. The van der Waals surface area contributed by atoms with Crippen molar-refractivity contribution in [2.24, 2.45) is 4.99 Å². The van der Waals surface area contributed by atoms with Crippen LogP contribution in [0, 0.1) is 0 Å². The van der Waals surface area contributed by atoms with Crippen molar-refractivity contribution in [3.05, 3.63) is 0 Å². The van der Waals surface area contributed by atoms with E-state index in [2.05, 4.69) is 9.89 Å². The first-order valence-electron chi connectivity index (χ1n) is 4.69. The normalized spacial score (nSPS) is 18.7. The third-order valence-corrected chi connectivity index (χ3v) is 2.26. The standard InChI is InChI=1S/C9H16N2O/c12-9-10-5-4-8-11-6-2-1-3-7-11/h1-8H2. The molecule has 3 nitrogen and oxygen atoms in total. The number of aliphatic imine (C=N–C) groups is 1. The van der Waals surface area contributed by atoms with Crippen LogP contribution < -0.4 is 0 Å². The molecule has 68 valence electrons. The van der Waals surface area contributed by atoms with E-state index in [9.17, 15) is 4.79 Å². The smallest absolute Gasteiger partial charge is 0.234 e. The molecule has 3 heteroatoms. The van der Waals surface area contributed by atoms with Gasteiger partial charge < -0.3 is 4.90 Å². The molecule has 1 rings (SSSR count). The summed E-state index contributed by atoms with van der Waals surface area (Å²) < 4.78 is 0. The van der Waals surface area contributed by atoms with E-state index >= 15 is 0 Å². The molecular weight excluding hydrogens is 152 g/mol. The van der Waals surface area contributed by atoms with Gasteiger partial charge in [-0.15, -0.1) is 0 Å². The molecule has 1 aliphatic rings. The van der Waals surface area contributed by atoms with Gasteiger partial charge in [0.25, 0.3) is 0 Å². The second kappa shape index (κ2) is 5.92. The molecular formula is C9H16N2O. The molecule has 1 heterocycles. The first-order valence-corrected chi connectivity index (χ1v) is 4.69. The highest BCUT2D eigenvalue weighted by Gasteiger charge is 2.08. The molecule has 0 spiro atoms. The zero-order valence-electron chi connectivity index (χ0n) is 7.46. The first kappa shape index (κ1) is 9.43. The summed E-state index contributed by atoms with van der Waals surface area (Å²) >= 11 is 0. The molecule has 0 bridgehead atoms. The highest BCUT2D eigenvalue weighted by Crippen LogP contribution is 2.08. The second-order valence-electron chi connectivity index (χ2n) is 3.23. The maximum absolute atomic E-state index is 9.75. The summed E-state index contributed by atoms with van der Waals surface area (Å²) in [5.41, 5.74) is 0. The summed E-state index contributed by atoms with van der Waals surface area (Å²) in [4.78, 5) is 15.7. The molecule has 0 saturated carbocycles. The minimum Gasteiger partial charge on any atom is -0.303 e. The third kappa shape index (κ3) is 3.65. The quantitative estimate of drug-likeness (QED) is 0.359. The van der Waals surface area contributed by atoms with Crippen LogP contribution >= 0.6 is 0 Å². The number of isocyanates is 1. The van der Waals surface area contributed by atoms with Crippen molar-refractivity contribution in [2.45, 2.75) is 25.7 Å². The molecule has 1 aliphatic heterocycles. The van der Waals surface area contributed by atoms with E-state index < -0.39 is 0 Å². The van der Waals surface area contributed by atoms with Crippen molar-refractivity contribution in [2.75, 3.05) is 26.2 Å². The zero-order valence-corrected chi connectivity index (χ0v) is 7.46. The Morgan fingerprint density at radius 1 is 1.25 bits per heavy atom. The fraction of sp³-hybridized carbons (Fsp3) is 0.889. The van der Waals surface area contributed by atoms with E-state index in [0.29, 0.717) is 6.54 Å². The van der Waals surface area contributed by atoms with Gasteiger partial charge in [-0.2, -0.15) is 0 Å². The molecule has 0 atom stereocenters. The van der Waals surface area contributed by atoms with Crippen LogP contribution in [0.4, 0.5) is 0 Å². The van der Waals surface area contributed by atoms with Crippen LogP contribution in [0.1, 0.15) is 25.7 Å². The van der Waals surface area contributed by atoms with Crippen molar-refractivity contribution >= 4 is 6.08 Å². The Balaban J connectivity index is 2.01. The lowest BCUT2D eigenvalue weighted by Gasteiger charge is -2.25. The number of rotatable bonds is 4. The van der Waals surface area contributed by atoms with Crippen molar-refractivity contribution in [1.82, 2.24) is 4.90 Å². The van der Waals surface area contributed by atoms with E-state index in [-0.39, 0.29) is 0 Å². The predicted octanol–water partition coefficient (Wildman–Crippen LogP) is 1.20. The lowest BCUT2D eigenvalue weighted by molar-refractivity contribution is 0.228. The summed E-state index contributed by atoms with van der Waals surface area (Å²) in [6.45, 7) is 4.18. The van der Waals surface area contributed by atoms with E-state index in [1.165, 1.54) is 32.4 Å².